The third-order valence-electron chi connectivity index (χ3n) is 4.10. The van der Waals surface area contributed by atoms with Crippen molar-refractivity contribution in [1.82, 2.24) is 4.98 Å². The van der Waals surface area contributed by atoms with Gasteiger partial charge in [0.05, 0.1) is 5.69 Å². The lowest BCUT2D eigenvalue weighted by molar-refractivity contribution is 0.443. The van der Waals surface area contributed by atoms with Crippen molar-refractivity contribution >= 4 is 11.3 Å². The normalized spacial score (nSPS) is 16.7. The van der Waals surface area contributed by atoms with Gasteiger partial charge in [0.2, 0.25) is 0 Å². The van der Waals surface area contributed by atoms with Gasteiger partial charge in [-0.2, -0.15) is 0 Å². The Hall–Kier alpha value is -1.35. The van der Waals surface area contributed by atoms with E-state index in [0.29, 0.717) is 0 Å². The van der Waals surface area contributed by atoms with E-state index in [2.05, 4.69) is 29.2 Å². The van der Waals surface area contributed by atoms with Gasteiger partial charge in [0.1, 0.15) is 0 Å². The average molecular weight is 273 g/mol. The zero-order valence-corrected chi connectivity index (χ0v) is 12.1. The number of aromatic nitrogens is 1. The fourth-order valence-electron chi connectivity index (χ4n) is 3.04. The first-order valence-electron chi connectivity index (χ1n) is 7.04. The first kappa shape index (κ1) is 12.7. The van der Waals surface area contributed by atoms with E-state index in [1.165, 1.54) is 49.0 Å². The van der Waals surface area contributed by atoms with Crippen LogP contribution in [-0.2, 0) is 0 Å². The summed E-state index contributed by atoms with van der Waals surface area (Å²) in [6, 6.07) is 8.77. The van der Waals surface area contributed by atoms with Crippen LogP contribution in [0.5, 0.6) is 0 Å². The second-order valence-corrected chi connectivity index (χ2v) is 6.59. The summed E-state index contributed by atoms with van der Waals surface area (Å²) in [7, 11) is 0. The van der Waals surface area contributed by atoms with E-state index in [1.54, 1.807) is 0 Å². The lowest BCUT2D eigenvalue weighted by Crippen LogP contribution is -2.04. The minimum atomic E-state index is 0.0313. The van der Waals surface area contributed by atoms with Crippen LogP contribution in [0, 0.1) is 6.92 Å². The van der Waals surface area contributed by atoms with E-state index in [4.69, 9.17) is 0 Å². The van der Waals surface area contributed by atoms with Crippen LogP contribution in [0.15, 0.2) is 29.1 Å². The lowest BCUT2D eigenvalue weighted by atomic mass is 9.84. The van der Waals surface area contributed by atoms with E-state index in [0.717, 1.165) is 22.1 Å². The molecule has 19 heavy (non-hydrogen) atoms. The molecule has 0 aliphatic heterocycles. The summed E-state index contributed by atoms with van der Waals surface area (Å²) in [4.78, 5) is 15.4. The van der Waals surface area contributed by atoms with Gasteiger partial charge in [-0.25, -0.2) is 0 Å². The second kappa shape index (κ2) is 5.33. The number of aromatic amines is 1. The summed E-state index contributed by atoms with van der Waals surface area (Å²) < 4.78 is 0. The van der Waals surface area contributed by atoms with Gasteiger partial charge >= 0.3 is 4.87 Å². The number of H-pyrrole nitrogens is 1. The number of aryl methyl sites for hydroxylation is 1. The third kappa shape index (κ3) is 2.66. The van der Waals surface area contributed by atoms with Crippen LogP contribution >= 0.6 is 11.3 Å². The molecule has 1 heterocycles. The van der Waals surface area contributed by atoms with Crippen LogP contribution in [0.2, 0.25) is 0 Å². The Morgan fingerprint density at radius 2 is 1.79 bits per heavy atom. The van der Waals surface area contributed by atoms with Gasteiger partial charge in [0, 0.05) is 4.88 Å². The molecule has 0 unspecified atom stereocenters. The van der Waals surface area contributed by atoms with Crippen molar-refractivity contribution in [3.63, 3.8) is 0 Å². The van der Waals surface area contributed by atoms with Crippen molar-refractivity contribution < 1.29 is 0 Å². The monoisotopic (exact) mass is 273 g/mol. The molecule has 1 aromatic heterocycles. The van der Waals surface area contributed by atoms with Crippen molar-refractivity contribution in [2.45, 2.75) is 44.9 Å². The van der Waals surface area contributed by atoms with E-state index < -0.39 is 0 Å². The fraction of sp³-hybridized carbons (Fsp3) is 0.438. The van der Waals surface area contributed by atoms with Gasteiger partial charge in [-0.05, 0) is 36.8 Å². The Morgan fingerprint density at radius 1 is 1.11 bits per heavy atom. The minimum Gasteiger partial charge on any atom is -0.312 e. The topological polar surface area (TPSA) is 32.9 Å². The smallest absolute Gasteiger partial charge is 0.305 e. The minimum absolute atomic E-state index is 0.0313. The van der Waals surface area contributed by atoms with Crippen LogP contribution in [0.3, 0.4) is 0 Å². The molecule has 100 valence electrons. The molecule has 1 fully saturated rings. The maximum Gasteiger partial charge on any atom is 0.305 e. The van der Waals surface area contributed by atoms with Crippen molar-refractivity contribution in [2.75, 3.05) is 0 Å². The predicted molar refractivity (Wildman–Crippen MR) is 80.9 cm³/mol. The van der Waals surface area contributed by atoms with Crippen molar-refractivity contribution in [3.8, 4) is 11.3 Å². The highest BCUT2D eigenvalue weighted by Crippen LogP contribution is 2.33. The molecule has 0 amide bonds. The number of benzene rings is 1. The number of thiazole rings is 1. The SMILES string of the molecule is Cc1sc(=O)[nH]c1-c1ccc(C2CCCCC2)cc1. The van der Waals surface area contributed by atoms with Gasteiger partial charge in [0.25, 0.3) is 0 Å². The highest BCUT2D eigenvalue weighted by molar-refractivity contribution is 7.09. The molecule has 0 bridgehead atoms. The van der Waals surface area contributed by atoms with Crippen LogP contribution in [-0.4, -0.2) is 4.98 Å². The standard InChI is InChI=1S/C16H19NOS/c1-11-15(17-16(18)19-11)14-9-7-13(8-10-14)12-5-3-2-4-6-12/h7-10,12H,2-6H2,1H3,(H,17,18). The molecule has 1 aliphatic carbocycles. The zero-order valence-electron chi connectivity index (χ0n) is 11.2. The zero-order chi connectivity index (χ0) is 13.2. The summed E-state index contributed by atoms with van der Waals surface area (Å²) in [5.41, 5.74) is 3.55. The first-order chi connectivity index (χ1) is 9.24. The van der Waals surface area contributed by atoms with Gasteiger partial charge in [-0.1, -0.05) is 54.9 Å². The Bertz CT molecular complexity index is 602. The first-order valence-corrected chi connectivity index (χ1v) is 7.86. The molecular weight excluding hydrogens is 254 g/mol. The maximum atomic E-state index is 11.4. The van der Waals surface area contributed by atoms with Gasteiger partial charge in [0.15, 0.2) is 0 Å². The number of hydrogen-bond acceptors (Lipinski definition) is 2. The molecular formula is C16H19NOS. The summed E-state index contributed by atoms with van der Waals surface area (Å²) in [5.74, 6) is 0.741. The number of hydrogen-bond donors (Lipinski definition) is 1. The summed E-state index contributed by atoms with van der Waals surface area (Å²) in [6.07, 6.45) is 6.78. The highest BCUT2D eigenvalue weighted by Gasteiger charge is 2.15. The van der Waals surface area contributed by atoms with Gasteiger partial charge in [-0.15, -0.1) is 0 Å². The van der Waals surface area contributed by atoms with Crippen LogP contribution < -0.4 is 4.87 Å². The lowest BCUT2D eigenvalue weighted by Gasteiger charge is -2.22. The summed E-state index contributed by atoms with van der Waals surface area (Å²) in [5, 5.41) is 0. The Kier molecular flexibility index (Phi) is 3.56. The Labute approximate surface area is 117 Å². The molecule has 1 saturated carbocycles. The van der Waals surface area contributed by atoms with Crippen LogP contribution in [0.25, 0.3) is 11.3 Å². The molecule has 0 atom stereocenters. The van der Waals surface area contributed by atoms with E-state index in [1.807, 2.05) is 6.92 Å². The van der Waals surface area contributed by atoms with Crippen molar-refractivity contribution in [1.29, 1.82) is 0 Å². The molecule has 1 aliphatic rings. The van der Waals surface area contributed by atoms with E-state index in [9.17, 15) is 4.79 Å². The average Bonchev–Trinajstić information content (AvgIpc) is 2.79. The predicted octanol–water partition coefficient (Wildman–Crippen LogP) is 4.46. The maximum absolute atomic E-state index is 11.4. The Morgan fingerprint density at radius 3 is 2.37 bits per heavy atom. The Balaban J connectivity index is 1.86. The van der Waals surface area contributed by atoms with Crippen molar-refractivity contribution in [3.05, 3.63) is 44.4 Å². The van der Waals surface area contributed by atoms with Crippen molar-refractivity contribution in [2.24, 2.45) is 0 Å². The molecule has 1 aromatic carbocycles. The summed E-state index contributed by atoms with van der Waals surface area (Å²) >= 11 is 1.29. The quantitative estimate of drug-likeness (QED) is 0.861. The highest BCUT2D eigenvalue weighted by atomic mass is 32.1. The molecule has 0 spiro atoms. The molecule has 1 N–H and O–H groups in total. The molecule has 0 radical (unpaired) electrons. The molecule has 2 aromatic rings. The second-order valence-electron chi connectivity index (χ2n) is 5.40. The third-order valence-corrected chi connectivity index (χ3v) is 4.90. The van der Waals surface area contributed by atoms with Crippen LogP contribution in [0.4, 0.5) is 0 Å². The molecule has 2 nitrogen and oxygen atoms in total. The summed E-state index contributed by atoms with van der Waals surface area (Å²) in [6.45, 7) is 1.99. The number of nitrogens with one attached hydrogen (secondary N) is 1. The van der Waals surface area contributed by atoms with E-state index >= 15 is 0 Å². The molecule has 3 rings (SSSR count). The van der Waals surface area contributed by atoms with Crippen LogP contribution in [0.1, 0.15) is 48.5 Å². The van der Waals surface area contributed by atoms with Gasteiger partial charge < -0.3 is 4.98 Å². The fourth-order valence-corrected chi connectivity index (χ4v) is 3.74. The van der Waals surface area contributed by atoms with E-state index in [-0.39, 0.29) is 4.87 Å². The molecule has 3 heteroatoms. The number of rotatable bonds is 2. The molecule has 0 saturated heterocycles. The largest absolute Gasteiger partial charge is 0.312 e. The van der Waals surface area contributed by atoms with Gasteiger partial charge in [-0.3, -0.25) is 4.79 Å².